The molecule has 0 aliphatic carbocycles. The predicted molar refractivity (Wildman–Crippen MR) is 77.8 cm³/mol. The molecule has 1 N–H and O–H groups in total. The minimum Gasteiger partial charge on any atom is -0.442 e. The van der Waals surface area contributed by atoms with Crippen LogP contribution in [-0.4, -0.2) is 37.5 Å². The van der Waals surface area contributed by atoms with Gasteiger partial charge in [0.05, 0.1) is 13.1 Å². The van der Waals surface area contributed by atoms with Crippen molar-refractivity contribution in [1.29, 1.82) is 0 Å². The van der Waals surface area contributed by atoms with Gasteiger partial charge in [0.25, 0.3) is 0 Å². The van der Waals surface area contributed by atoms with Crippen LogP contribution in [0.2, 0.25) is 0 Å². The topological polar surface area (TPSA) is 75.7 Å². The average Bonchev–Trinajstić information content (AvgIpc) is 2.84. The van der Waals surface area contributed by atoms with Crippen molar-refractivity contribution in [2.24, 2.45) is 0 Å². The summed E-state index contributed by atoms with van der Waals surface area (Å²) >= 11 is 0. The Kier molecular flexibility index (Phi) is 4.71. The van der Waals surface area contributed by atoms with Crippen LogP contribution >= 0.6 is 0 Å². The molecule has 2 rings (SSSR count). The van der Waals surface area contributed by atoms with Crippen LogP contribution in [0.1, 0.15) is 12.5 Å². The Morgan fingerprint density at radius 1 is 1.43 bits per heavy atom. The van der Waals surface area contributed by atoms with Crippen LogP contribution in [0.5, 0.6) is 0 Å². The van der Waals surface area contributed by atoms with Crippen molar-refractivity contribution < 1.29 is 19.1 Å². The zero-order valence-corrected chi connectivity index (χ0v) is 11.6. The van der Waals surface area contributed by atoms with Gasteiger partial charge >= 0.3 is 6.09 Å². The summed E-state index contributed by atoms with van der Waals surface area (Å²) in [5.74, 6) is -0.157. The first kappa shape index (κ1) is 14.8. The Morgan fingerprint density at radius 2 is 2.14 bits per heavy atom. The second kappa shape index (κ2) is 6.69. The lowest BCUT2D eigenvalue weighted by atomic mass is 10.2. The van der Waals surface area contributed by atoms with Crippen molar-refractivity contribution in [1.82, 2.24) is 5.32 Å². The number of carbonyl (C=O) groups is 3. The Morgan fingerprint density at radius 3 is 2.76 bits per heavy atom. The molecular weight excluding hydrogens is 272 g/mol. The highest BCUT2D eigenvalue weighted by molar-refractivity contribution is 5.90. The summed E-state index contributed by atoms with van der Waals surface area (Å²) in [7, 11) is 0. The minimum absolute atomic E-state index is 0.157. The zero-order valence-electron chi connectivity index (χ0n) is 11.6. The van der Waals surface area contributed by atoms with Crippen LogP contribution in [-0.2, 0) is 14.3 Å². The Labute approximate surface area is 122 Å². The molecule has 6 nitrogen and oxygen atoms in total. The van der Waals surface area contributed by atoms with Crippen molar-refractivity contribution >= 4 is 30.0 Å². The van der Waals surface area contributed by atoms with Crippen LogP contribution in [0.25, 0.3) is 6.08 Å². The fourth-order valence-corrected chi connectivity index (χ4v) is 2.01. The number of nitrogens with zero attached hydrogens (tertiary/aromatic N) is 1. The third-order valence-electron chi connectivity index (χ3n) is 3.02. The number of hydrogen-bond acceptors (Lipinski definition) is 4. The predicted octanol–water partition coefficient (Wildman–Crippen LogP) is 1.36. The molecule has 1 aliphatic rings. The SMILES string of the molecule is CC(=O)NCC1CN(c2ccc(/C=C/C=O)cc2)C(=O)O1. The van der Waals surface area contributed by atoms with Gasteiger partial charge in [0.1, 0.15) is 12.4 Å². The van der Waals surface area contributed by atoms with Gasteiger partial charge in [0.2, 0.25) is 5.91 Å². The van der Waals surface area contributed by atoms with E-state index in [-0.39, 0.29) is 12.0 Å². The van der Waals surface area contributed by atoms with Gasteiger partial charge in [-0.2, -0.15) is 0 Å². The smallest absolute Gasteiger partial charge is 0.414 e. The molecule has 0 aromatic heterocycles. The lowest BCUT2D eigenvalue weighted by Crippen LogP contribution is -2.33. The number of ether oxygens (including phenoxy) is 1. The van der Waals surface area contributed by atoms with E-state index in [1.54, 1.807) is 18.2 Å². The molecule has 1 heterocycles. The van der Waals surface area contributed by atoms with Gasteiger partial charge in [0.15, 0.2) is 0 Å². The van der Waals surface area contributed by atoms with Crippen molar-refractivity contribution in [3.05, 3.63) is 35.9 Å². The standard InChI is InChI=1S/C15H16N2O4/c1-11(19)16-9-14-10-17(15(20)21-14)13-6-4-12(5-7-13)3-2-8-18/h2-8,14H,9-10H2,1H3,(H,16,19)/b3-2+. The molecule has 21 heavy (non-hydrogen) atoms. The Hall–Kier alpha value is -2.63. The van der Waals surface area contributed by atoms with E-state index in [2.05, 4.69) is 5.32 Å². The third kappa shape index (κ3) is 3.92. The van der Waals surface area contributed by atoms with E-state index in [1.807, 2.05) is 12.1 Å². The highest BCUT2D eigenvalue weighted by atomic mass is 16.6. The van der Waals surface area contributed by atoms with Gasteiger partial charge in [-0.05, 0) is 23.8 Å². The quantitative estimate of drug-likeness (QED) is 0.655. The molecule has 1 atom stereocenters. The third-order valence-corrected chi connectivity index (χ3v) is 3.02. The molecule has 0 spiro atoms. The maximum atomic E-state index is 11.8. The summed E-state index contributed by atoms with van der Waals surface area (Å²) < 4.78 is 5.19. The molecule has 1 aromatic rings. The first-order valence-corrected chi connectivity index (χ1v) is 6.54. The highest BCUT2D eigenvalue weighted by Gasteiger charge is 2.32. The number of anilines is 1. The molecule has 6 heteroatoms. The maximum absolute atomic E-state index is 11.8. The molecular formula is C15H16N2O4. The molecule has 1 aliphatic heterocycles. The molecule has 1 unspecified atom stereocenters. The summed E-state index contributed by atoms with van der Waals surface area (Å²) in [4.78, 5) is 34.4. The molecule has 0 saturated carbocycles. The fraction of sp³-hybridized carbons (Fsp3) is 0.267. The van der Waals surface area contributed by atoms with Crippen molar-refractivity contribution in [2.45, 2.75) is 13.0 Å². The lowest BCUT2D eigenvalue weighted by Gasteiger charge is -2.13. The molecule has 1 fully saturated rings. The number of hydrogen-bond donors (Lipinski definition) is 1. The van der Waals surface area contributed by atoms with Crippen LogP contribution in [0.15, 0.2) is 30.3 Å². The first-order valence-electron chi connectivity index (χ1n) is 6.54. The molecule has 0 radical (unpaired) electrons. The van der Waals surface area contributed by atoms with E-state index in [1.165, 1.54) is 17.9 Å². The number of allylic oxidation sites excluding steroid dienone is 1. The van der Waals surface area contributed by atoms with Crippen molar-refractivity contribution in [2.75, 3.05) is 18.0 Å². The molecule has 2 amide bonds. The summed E-state index contributed by atoms with van der Waals surface area (Å²) in [5, 5.41) is 2.63. The van der Waals surface area contributed by atoms with E-state index >= 15 is 0 Å². The van der Waals surface area contributed by atoms with Gasteiger partial charge in [0, 0.05) is 12.6 Å². The van der Waals surface area contributed by atoms with Gasteiger partial charge < -0.3 is 10.1 Å². The van der Waals surface area contributed by atoms with Crippen molar-refractivity contribution in [3.8, 4) is 0 Å². The second-order valence-electron chi connectivity index (χ2n) is 4.64. The molecule has 1 aromatic carbocycles. The maximum Gasteiger partial charge on any atom is 0.414 e. The lowest BCUT2D eigenvalue weighted by molar-refractivity contribution is -0.119. The van der Waals surface area contributed by atoms with Crippen LogP contribution in [0.4, 0.5) is 10.5 Å². The fourth-order valence-electron chi connectivity index (χ4n) is 2.01. The summed E-state index contributed by atoms with van der Waals surface area (Å²) in [5.41, 5.74) is 1.58. The van der Waals surface area contributed by atoms with Gasteiger partial charge in [-0.1, -0.05) is 18.2 Å². The highest BCUT2D eigenvalue weighted by Crippen LogP contribution is 2.22. The van der Waals surface area contributed by atoms with Crippen LogP contribution in [0, 0.1) is 0 Å². The number of cyclic esters (lactones) is 1. The number of nitrogens with one attached hydrogen (secondary N) is 1. The number of carbonyl (C=O) groups excluding carboxylic acids is 3. The second-order valence-corrected chi connectivity index (χ2v) is 4.64. The minimum atomic E-state index is -0.429. The largest absolute Gasteiger partial charge is 0.442 e. The molecule has 0 bridgehead atoms. The number of rotatable bonds is 5. The monoisotopic (exact) mass is 288 g/mol. The number of benzene rings is 1. The van der Waals surface area contributed by atoms with Gasteiger partial charge in [-0.3, -0.25) is 14.5 Å². The van der Waals surface area contributed by atoms with E-state index in [0.717, 1.165) is 5.56 Å². The van der Waals surface area contributed by atoms with E-state index in [4.69, 9.17) is 4.74 Å². The normalized spacial score (nSPS) is 17.9. The van der Waals surface area contributed by atoms with Crippen LogP contribution in [0.3, 0.4) is 0 Å². The van der Waals surface area contributed by atoms with E-state index < -0.39 is 6.09 Å². The number of aldehydes is 1. The van der Waals surface area contributed by atoms with Gasteiger partial charge in [-0.15, -0.1) is 0 Å². The zero-order chi connectivity index (χ0) is 15.2. The average molecular weight is 288 g/mol. The summed E-state index contributed by atoms with van der Waals surface area (Å²) in [6, 6.07) is 7.19. The molecule has 1 saturated heterocycles. The van der Waals surface area contributed by atoms with Crippen LogP contribution < -0.4 is 10.2 Å². The molecule has 110 valence electrons. The van der Waals surface area contributed by atoms with E-state index in [9.17, 15) is 14.4 Å². The Balaban J connectivity index is 2.01. The first-order chi connectivity index (χ1) is 10.1. The Bertz CT molecular complexity index is 566. The van der Waals surface area contributed by atoms with Gasteiger partial charge in [-0.25, -0.2) is 4.79 Å². The number of amides is 2. The summed E-state index contributed by atoms with van der Waals surface area (Å²) in [6.45, 7) is 2.11. The summed E-state index contributed by atoms with van der Waals surface area (Å²) in [6.07, 6.45) is 3.01. The van der Waals surface area contributed by atoms with Crippen molar-refractivity contribution in [3.63, 3.8) is 0 Å². The van der Waals surface area contributed by atoms with E-state index in [0.29, 0.717) is 25.1 Å².